The highest BCUT2D eigenvalue weighted by Gasteiger charge is 2.41. The van der Waals surface area contributed by atoms with E-state index in [1.54, 1.807) is 30.3 Å². The number of ether oxygens (including phenoxy) is 2. The van der Waals surface area contributed by atoms with Crippen LogP contribution in [0.3, 0.4) is 0 Å². The summed E-state index contributed by atoms with van der Waals surface area (Å²) in [5, 5.41) is 0.325. The first-order valence-corrected chi connectivity index (χ1v) is 8.96. The van der Waals surface area contributed by atoms with Crippen LogP contribution in [0, 0.1) is 5.92 Å². The minimum atomic E-state index is -1.38. The van der Waals surface area contributed by atoms with Gasteiger partial charge in [0.25, 0.3) is 0 Å². The fraction of sp³-hybridized carbons (Fsp3) is 0.227. The van der Waals surface area contributed by atoms with Gasteiger partial charge in [0.2, 0.25) is 0 Å². The minimum Gasteiger partial charge on any atom is -0.468 e. The van der Waals surface area contributed by atoms with Gasteiger partial charge in [-0.15, -0.1) is 0 Å². The lowest BCUT2D eigenvalue weighted by Gasteiger charge is -2.26. The second kappa shape index (κ2) is 9.85. The van der Waals surface area contributed by atoms with E-state index < -0.39 is 23.8 Å². The van der Waals surface area contributed by atoms with Crippen LogP contribution in [-0.4, -0.2) is 31.9 Å². The van der Waals surface area contributed by atoms with Gasteiger partial charge in [-0.05, 0) is 30.2 Å². The van der Waals surface area contributed by atoms with Gasteiger partial charge < -0.3 is 9.47 Å². The molecule has 0 aliphatic carbocycles. The van der Waals surface area contributed by atoms with Gasteiger partial charge in [-0.2, -0.15) is 0 Å². The van der Waals surface area contributed by atoms with Gasteiger partial charge >= 0.3 is 11.9 Å². The Bertz CT molecular complexity index is 873. The number of Topliss-reactive ketones (excluding diaryl/α,β-unsaturated/α-hetero) is 1. The summed E-state index contributed by atoms with van der Waals surface area (Å²) in [6.45, 7) is 1.38. The molecule has 0 N–H and O–H groups in total. The van der Waals surface area contributed by atoms with Crippen LogP contribution in [0.2, 0.25) is 5.02 Å². The average molecular weight is 401 g/mol. The van der Waals surface area contributed by atoms with Crippen LogP contribution in [0.15, 0.2) is 60.2 Å². The first-order valence-electron chi connectivity index (χ1n) is 8.58. The van der Waals surface area contributed by atoms with Crippen LogP contribution in [-0.2, 0) is 23.9 Å². The Morgan fingerprint density at radius 1 is 0.893 bits per heavy atom. The molecule has 28 heavy (non-hydrogen) atoms. The number of carbonyl (C=O) groups is 3. The molecule has 5 nitrogen and oxygen atoms in total. The summed E-state index contributed by atoms with van der Waals surface area (Å²) in [6.07, 6.45) is 1.65. The van der Waals surface area contributed by atoms with E-state index in [1.807, 2.05) is 30.3 Å². The summed E-state index contributed by atoms with van der Waals surface area (Å²) in [7, 11) is 2.35. The molecule has 146 valence electrons. The number of ketones is 1. The number of hydrogen-bond donors (Lipinski definition) is 0. The highest BCUT2D eigenvalue weighted by Crippen LogP contribution is 2.39. The second-order valence-electron chi connectivity index (χ2n) is 6.09. The molecule has 0 aromatic heterocycles. The summed E-state index contributed by atoms with van der Waals surface area (Å²) >= 11 is 6.37. The van der Waals surface area contributed by atoms with E-state index in [-0.39, 0.29) is 11.4 Å². The Kier molecular flexibility index (Phi) is 7.52. The standard InChI is InChI=1S/C22H21ClO5/c1-14(24)17(13-15-9-5-4-6-10-15)19(16-11-7-8-12-18(16)23)20(21(25)27-2)22(26)28-3/h4-13,19-20H,1-3H3/b17-13+. The molecule has 0 aliphatic rings. The number of esters is 2. The minimum absolute atomic E-state index is 0.250. The highest BCUT2D eigenvalue weighted by molar-refractivity contribution is 6.31. The van der Waals surface area contributed by atoms with Crippen molar-refractivity contribution in [1.29, 1.82) is 0 Å². The maximum atomic E-state index is 12.6. The molecule has 0 fully saturated rings. The number of carbonyl (C=O) groups excluding carboxylic acids is 3. The molecule has 0 saturated carbocycles. The van der Waals surface area contributed by atoms with E-state index >= 15 is 0 Å². The van der Waals surface area contributed by atoms with Crippen molar-refractivity contribution in [3.8, 4) is 0 Å². The van der Waals surface area contributed by atoms with Crippen LogP contribution in [0.5, 0.6) is 0 Å². The molecule has 2 aromatic rings. The van der Waals surface area contributed by atoms with Gasteiger partial charge in [-0.25, -0.2) is 0 Å². The fourth-order valence-electron chi connectivity index (χ4n) is 3.02. The van der Waals surface area contributed by atoms with Crippen molar-refractivity contribution in [1.82, 2.24) is 0 Å². The van der Waals surface area contributed by atoms with Gasteiger partial charge in [0.05, 0.1) is 14.2 Å². The molecule has 0 aliphatic heterocycles. The number of allylic oxidation sites excluding steroid dienone is 1. The molecular formula is C22H21ClO5. The third-order valence-electron chi connectivity index (χ3n) is 4.35. The van der Waals surface area contributed by atoms with Crippen molar-refractivity contribution >= 4 is 35.4 Å². The van der Waals surface area contributed by atoms with E-state index in [9.17, 15) is 14.4 Å². The quantitative estimate of drug-likeness (QED) is 0.398. The number of rotatable bonds is 7. The molecule has 6 heteroatoms. The SMILES string of the molecule is COC(=O)C(C(=O)OC)C(/C(=C/c1ccccc1)C(C)=O)c1ccccc1Cl. The summed E-state index contributed by atoms with van der Waals surface area (Å²) in [5.74, 6) is -4.26. The third-order valence-corrected chi connectivity index (χ3v) is 4.69. The maximum absolute atomic E-state index is 12.6. The van der Waals surface area contributed by atoms with Gasteiger partial charge in [0, 0.05) is 16.5 Å². The molecule has 0 heterocycles. The Balaban J connectivity index is 2.76. The first-order chi connectivity index (χ1) is 13.4. The number of hydrogen-bond acceptors (Lipinski definition) is 5. The van der Waals surface area contributed by atoms with E-state index in [0.29, 0.717) is 10.6 Å². The van der Waals surface area contributed by atoms with Gasteiger partial charge in [-0.3, -0.25) is 14.4 Å². The van der Waals surface area contributed by atoms with E-state index in [4.69, 9.17) is 21.1 Å². The first kappa shape index (κ1) is 21.4. The summed E-state index contributed by atoms with van der Waals surface area (Å²) in [4.78, 5) is 37.6. The molecule has 0 radical (unpaired) electrons. The predicted molar refractivity (Wildman–Crippen MR) is 107 cm³/mol. The van der Waals surface area contributed by atoms with Crippen molar-refractivity contribution in [2.24, 2.45) is 5.92 Å². The molecule has 0 bridgehead atoms. The summed E-state index contributed by atoms with van der Waals surface area (Å²) in [5.41, 5.74) is 1.46. The van der Waals surface area contributed by atoms with Crippen molar-refractivity contribution in [2.75, 3.05) is 14.2 Å². The number of methoxy groups -OCH3 is 2. The van der Waals surface area contributed by atoms with Crippen LogP contribution >= 0.6 is 11.6 Å². The average Bonchev–Trinajstić information content (AvgIpc) is 2.71. The van der Waals surface area contributed by atoms with E-state index in [2.05, 4.69) is 0 Å². The molecule has 2 rings (SSSR count). The summed E-state index contributed by atoms with van der Waals surface area (Å²) in [6, 6.07) is 15.9. The molecule has 0 amide bonds. The normalized spacial score (nSPS) is 12.4. The van der Waals surface area contributed by atoms with Crippen LogP contribution in [0.1, 0.15) is 24.0 Å². The molecule has 1 atom stereocenters. The van der Waals surface area contributed by atoms with Gasteiger partial charge in [0.1, 0.15) is 0 Å². The van der Waals surface area contributed by atoms with Gasteiger partial charge in [0.15, 0.2) is 11.7 Å². The lowest BCUT2D eigenvalue weighted by molar-refractivity contribution is -0.159. The lowest BCUT2D eigenvalue weighted by Crippen LogP contribution is -2.34. The Labute approximate surface area is 168 Å². The molecule has 1 unspecified atom stereocenters. The van der Waals surface area contributed by atoms with Crippen molar-refractivity contribution in [2.45, 2.75) is 12.8 Å². The van der Waals surface area contributed by atoms with Crippen LogP contribution in [0.25, 0.3) is 6.08 Å². The zero-order valence-corrected chi connectivity index (χ0v) is 16.6. The molecule has 2 aromatic carbocycles. The molecular weight excluding hydrogens is 380 g/mol. The Morgan fingerprint density at radius 2 is 1.43 bits per heavy atom. The molecule has 0 spiro atoms. The largest absolute Gasteiger partial charge is 0.468 e. The van der Waals surface area contributed by atoms with E-state index in [1.165, 1.54) is 21.1 Å². The highest BCUT2D eigenvalue weighted by atomic mass is 35.5. The zero-order valence-electron chi connectivity index (χ0n) is 15.8. The lowest BCUT2D eigenvalue weighted by atomic mass is 9.78. The second-order valence-corrected chi connectivity index (χ2v) is 6.50. The maximum Gasteiger partial charge on any atom is 0.321 e. The Hall–Kier alpha value is -2.92. The Morgan fingerprint density at radius 3 is 1.93 bits per heavy atom. The van der Waals surface area contributed by atoms with Crippen molar-refractivity contribution in [3.05, 3.63) is 76.3 Å². The smallest absolute Gasteiger partial charge is 0.321 e. The van der Waals surface area contributed by atoms with Crippen LogP contribution < -0.4 is 0 Å². The number of halogens is 1. The monoisotopic (exact) mass is 400 g/mol. The zero-order chi connectivity index (χ0) is 20.7. The summed E-state index contributed by atoms with van der Waals surface area (Å²) < 4.78 is 9.67. The van der Waals surface area contributed by atoms with Crippen molar-refractivity contribution < 1.29 is 23.9 Å². The van der Waals surface area contributed by atoms with Crippen molar-refractivity contribution in [3.63, 3.8) is 0 Å². The van der Waals surface area contributed by atoms with Gasteiger partial charge in [-0.1, -0.05) is 60.1 Å². The van der Waals surface area contributed by atoms with Crippen LogP contribution in [0.4, 0.5) is 0 Å². The predicted octanol–water partition coefficient (Wildman–Crippen LogP) is 4.06. The fourth-order valence-corrected chi connectivity index (χ4v) is 3.27. The molecule has 0 saturated heterocycles. The number of benzene rings is 2. The third kappa shape index (κ3) is 4.87. The van der Waals surface area contributed by atoms with E-state index in [0.717, 1.165) is 5.56 Å². The topological polar surface area (TPSA) is 69.7 Å².